The average molecular weight is 120 g/mol. The molecule has 0 aromatic carbocycles. The van der Waals surface area contributed by atoms with Crippen LogP contribution in [0.2, 0.25) is 0 Å². The van der Waals surface area contributed by atoms with Gasteiger partial charge in [-0.2, -0.15) is 0 Å². The van der Waals surface area contributed by atoms with Crippen molar-refractivity contribution in [2.24, 2.45) is 0 Å². The fourth-order valence-corrected chi connectivity index (χ4v) is 0.135. The summed E-state index contributed by atoms with van der Waals surface area (Å²) >= 11 is 0. The molecule has 0 aliphatic heterocycles. The predicted molar refractivity (Wildman–Crippen MR) is 24.7 cm³/mol. The first-order valence-corrected chi connectivity index (χ1v) is 2.62. The Morgan fingerprint density at radius 1 is 1.86 bits per heavy atom. The Morgan fingerprint density at radius 2 is 2.29 bits per heavy atom. The van der Waals surface area contributed by atoms with Gasteiger partial charge in [0.15, 0.2) is 8.46 Å². The monoisotopic (exact) mass is 120 g/mol. The molecular weight excluding hydrogens is 115 g/mol. The van der Waals surface area contributed by atoms with Crippen LogP contribution in [-0.4, -0.2) is 16.7 Å². The molecule has 0 saturated heterocycles. The fraction of sp³-hybridized carbons (Fsp3) is 0.667. The van der Waals surface area contributed by atoms with Crippen LogP contribution in [0.25, 0.3) is 0 Å². The molecule has 0 aromatic rings. The maximum absolute atomic E-state index is 9.72. The number of aliphatic carboxylic acids is 1. The molecule has 1 atom stereocenters. The Labute approximate surface area is 42.5 Å². The molecule has 4 heteroatoms. The van der Waals surface area contributed by atoms with Gasteiger partial charge in [0.05, 0.1) is 0 Å². The van der Waals surface area contributed by atoms with Crippen LogP contribution in [0.5, 0.6) is 0 Å². The quantitative estimate of drug-likeness (QED) is 0.547. The molecule has 0 spiro atoms. The zero-order valence-electron chi connectivity index (χ0n) is 3.79. The molecule has 0 aliphatic carbocycles. The first-order chi connectivity index (χ1) is 3.18. The molecule has 1 N–H and O–H groups in total. The van der Waals surface area contributed by atoms with Crippen LogP contribution < -0.4 is 0 Å². The lowest BCUT2D eigenvalue weighted by atomic mass is 10.5. The summed E-state index contributed by atoms with van der Waals surface area (Å²) in [4.78, 5) is 9.72. The van der Waals surface area contributed by atoms with Gasteiger partial charge in [0, 0.05) is 0 Å². The van der Waals surface area contributed by atoms with Crippen LogP contribution in [0.4, 0.5) is 0 Å². The van der Waals surface area contributed by atoms with E-state index in [1.807, 2.05) is 0 Å². The van der Waals surface area contributed by atoms with E-state index < -0.39 is 11.6 Å². The first kappa shape index (κ1) is 6.57. The van der Waals surface area contributed by atoms with Gasteiger partial charge in [0.1, 0.15) is 5.66 Å². The highest BCUT2D eigenvalue weighted by molar-refractivity contribution is 7.26. The molecule has 40 valence electrons. The summed E-state index contributed by atoms with van der Waals surface area (Å²) in [5.41, 5.74) is -0.764. The maximum Gasteiger partial charge on any atom is 0.317 e. The topological polar surface area (TPSA) is 54.4 Å². The summed E-state index contributed by atoms with van der Waals surface area (Å²) in [6, 6.07) is 0. The SMILES string of the molecule is CC(P=O)C(=O)O. The molecule has 0 saturated carbocycles. The van der Waals surface area contributed by atoms with Crippen molar-refractivity contribution in [1.82, 2.24) is 0 Å². The van der Waals surface area contributed by atoms with Crippen LogP contribution in [0.15, 0.2) is 0 Å². The van der Waals surface area contributed by atoms with Gasteiger partial charge in [0.2, 0.25) is 0 Å². The van der Waals surface area contributed by atoms with E-state index in [1.165, 1.54) is 6.92 Å². The van der Waals surface area contributed by atoms with E-state index in [4.69, 9.17) is 5.11 Å². The summed E-state index contributed by atoms with van der Waals surface area (Å²) in [5, 5.41) is 7.98. The molecule has 0 radical (unpaired) electrons. The van der Waals surface area contributed by atoms with Crippen LogP contribution in [0, 0.1) is 0 Å². The van der Waals surface area contributed by atoms with Crippen molar-refractivity contribution in [3.63, 3.8) is 0 Å². The largest absolute Gasteiger partial charge is 0.480 e. The highest BCUT2D eigenvalue weighted by Crippen LogP contribution is 2.02. The average Bonchev–Trinajstić information content (AvgIpc) is 1.65. The number of carboxylic acid groups (broad SMARTS) is 1. The number of hydrogen-bond donors (Lipinski definition) is 1. The van der Waals surface area contributed by atoms with Crippen LogP contribution in [0.3, 0.4) is 0 Å². The highest BCUT2D eigenvalue weighted by atomic mass is 31.1. The van der Waals surface area contributed by atoms with Gasteiger partial charge in [-0.15, -0.1) is 0 Å². The zero-order valence-corrected chi connectivity index (χ0v) is 4.68. The van der Waals surface area contributed by atoms with Crippen LogP contribution in [0.1, 0.15) is 6.92 Å². The standard InChI is InChI=1S/C3H5O3P/c1-2(7-6)3(4)5/h2H,1H3,(H,4,5). The Balaban J connectivity index is 3.55. The third kappa shape index (κ3) is 2.29. The summed E-state index contributed by atoms with van der Waals surface area (Å²) < 4.78 is 9.66. The lowest BCUT2D eigenvalue weighted by Crippen LogP contribution is -2.07. The van der Waals surface area contributed by atoms with Crippen molar-refractivity contribution in [3.05, 3.63) is 0 Å². The van der Waals surface area contributed by atoms with E-state index in [-0.39, 0.29) is 8.46 Å². The van der Waals surface area contributed by atoms with Gasteiger partial charge in [-0.1, -0.05) is 0 Å². The molecule has 0 fully saturated rings. The van der Waals surface area contributed by atoms with Crippen molar-refractivity contribution in [2.75, 3.05) is 0 Å². The number of rotatable bonds is 2. The van der Waals surface area contributed by atoms with Crippen molar-refractivity contribution >= 4 is 14.4 Å². The maximum atomic E-state index is 9.72. The van der Waals surface area contributed by atoms with E-state index in [0.717, 1.165) is 0 Å². The first-order valence-electron chi connectivity index (χ1n) is 1.73. The molecular formula is C3H5O3P. The van der Waals surface area contributed by atoms with Gasteiger partial charge < -0.3 is 5.11 Å². The minimum atomic E-state index is -1.03. The van der Waals surface area contributed by atoms with E-state index in [1.54, 1.807) is 0 Å². The smallest absolute Gasteiger partial charge is 0.317 e. The molecule has 1 unspecified atom stereocenters. The molecule has 0 rings (SSSR count). The minimum Gasteiger partial charge on any atom is -0.480 e. The number of hydrogen-bond acceptors (Lipinski definition) is 2. The Hall–Kier alpha value is -0.430. The van der Waals surface area contributed by atoms with Gasteiger partial charge in [-0.3, -0.25) is 9.36 Å². The van der Waals surface area contributed by atoms with Crippen LogP contribution in [-0.2, 0) is 9.36 Å². The van der Waals surface area contributed by atoms with Crippen molar-refractivity contribution < 1.29 is 14.5 Å². The minimum absolute atomic E-state index is 0.327. The fourth-order valence-electron chi connectivity index (χ4n) is 0.0451. The highest BCUT2D eigenvalue weighted by Gasteiger charge is 2.07. The summed E-state index contributed by atoms with van der Waals surface area (Å²) in [5.74, 6) is -1.03. The second-order valence-electron chi connectivity index (χ2n) is 1.12. The van der Waals surface area contributed by atoms with E-state index in [0.29, 0.717) is 0 Å². The molecule has 0 bridgehead atoms. The normalized spacial score (nSPS) is 13.9. The van der Waals surface area contributed by atoms with Crippen LogP contribution >= 0.6 is 8.46 Å². The summed E-state index contributed by atoms with van der Waals surface area (Å²) in [7, 11) is -0.327. The van der Waals surface area contributed by atoms with Crippen molar-refractivity contribution in [2.45, 2.75) is 12.6 Å². The summed E-state index contributed by atoms with van der Waals surface area (Å²) in [6.45, 7) is 1.37. The second-order valence-corrected chi connectivity index (χ2v) is 2.11. The van der Waals surface area contributed by atoms with Gasteiger partial charge in [-0.05, 0) is 6.92 Å². The number of carboxylic acids is 1. The van der Waals surface area contributed by atoms with E-state index in [2.05, 4.69) is 0 Å². The zero-order chi connectivity index (χ0) is 5.86. The van der Waals surface area contributed by atoms with Crippen molar-refractivity contribution in [3.8, 4) is 0 Å². The Morgan fingerprint density at radius 3 is 2.29 bits per heavy atom. The van der Waals surface area contributed by atoms with Gasteiger partial charge in [-0.25, -0.2) is 0 Å². The lowest BCUT2D eigenvalue weighted by molar-refractivity contribution is -0.136. The predicted octanol–water partition coefficient (Wildman–Crippen LogP) is 0.751. The lowest BCUT2D eigenvalue weighted by Gasteiger charge is -1.86. The Kier molecular flexibility index (Phi) is 2.53. The summed E-state index contributed by atoms with van der Waals surface area (Å²) in [6.07, 6.45) is 0. The van der Waals surface area contributed by atoms with Gasteiger partial charge in [0.25, 0.3) is 0 Å². The molecule has 3 nitrogen and oxygen atoms in total. The van der Waals surface area contributed by atoms with Gasteiger partial charge >= 0.3 is 5.97 Å². The molecule has 0 heterocycles. The molecule has 7 heavy (non-hydrogen) atoms. The second kappa shape index (κ2) is 2.69. The molecule has 0 amide bonds. The van der Waals surface area contributed by atoms with E-state index in [9.17, 15) is 9.36 Å². The van der Waals surface area contributed by atoms with Crippen molar-refractivity contribution in [1.29, 1.82) is 0 Å². The molecule has 0 aliphatic rings. The number of carbonyl (C=O) groups is 1. The third-order valence-corrected chi connectivity index (χ3v) is 1.05. The van der Waals surface area contributed by atoms with E-state index >= 15 is 0 Å². The molecule has 0 aromatic heterocycles. The Bertz CT molecular complexity index is 90.2. The third-order valence-electron chi connectivity index (χ3n) is 0.516.